The summed E-state index contributed by atoms with van der Waals surface area (Å²) in [5.74, 6) is 0. The summed E-state index contributed by atoms with van der Waals surface area (Å²) >= 11 is 5.75. The molecule has 5 nitrogen and oxygen atoms in total. The van der Waals surface area contributed by atoms with Gasteiger partial charge in [-0.05, 0) is 36.4 Å². The lowest BCUT2D eigenvalue weighted by molar-refractivity contribution is -0.384. The minimum Gasteiger partial charge on any atom is -0.393 e. The molecule has 0 aliphatic carbocycles. The Morgan fingerprint density at radius 3 is 2.26 bits per heavy atom. The summed E-state index contributed by atoms with van der Waals surface area (Å²) in [6.45, 7) is 0. The molecule has 2 rings (SSSR count). The van der Waals surface area contributed by atoms with Crippen molar-refractivity contribution < 1.29 is 9.13 Å². The molecule has 0 radical (unpaired) electrons. The molecular weight excluding hydrogens is 288 g/mol. The van der Waals surface area contributed by atoms with Gasteiger partial charge in [0.2, 0.25) is 0 Å². The van der Waals surface area contributed by atoms with Crippen LogP contribution in [-0.2, 0) is 10.8 Å². The maximum Gasteiger partial charge on any atom is 0.293 e. The third-order valence-electron chi connectivity index (χ3n) is 2.44. The minimum absolute atomic E-state index is 0.0434. The molecule has 0 bridgehead atoms. The second kappa shape index (κ2) is 5.38. The van der Waals surface area contributed by atoms with Crippen LogP contribution in [0.2, 0.25) is 5.02 Å². The third kappa shape index (κ3) is 2.91. The zero-order valence-corrected chi connectivity index (χ0v) is 11.1. The van der Waals surface area contributed by atoms with Crippen LogP contribution < -0.4 is 5.73 Å². The number of halogens is 1. The molecule has 0 aliphatic heterocycles. The van der Waals surface area contributed by atoms with Gasteiger partial charge in [0, 0.05) is 16.0 Å². The van der Waals surface area contributed by atoms with E-state index in [0.717, 1.165) is 0 Å². The summed E-state index contributed by atoms with van der Waals surface area (Å²) in [6, 6.07) is 10.6. The molecule has 1 atom stereocenters. The van der Waals surface area contributed by atoms with Crippen molar-refractivity contribution in [2.24, 2.45) is 0 Å². The van der Waals surface area contributed by atoms with Crippen LogP contribution in [-0.4, -0.2) is 9.13 Å². The maximum atomic E-state index is 12.2. The number of rotatable bonds is 3. The highest BCUT2D eigenvalue weighted by Crippen LogP contribution is 2.26. The molecule has 0 spiro atoms. The van der Waals surface area contributed by atoms with E-state index in [2.05, 4.69) is 0 Å². The number of benzene rings is 2. The van der Waals surface area contributed by atoms with E-state index >= 15 is 0 Å². The number of anilines is 1. The Morgan fingerprint density at radius 1 is 1.11 bits per heavy atom. The number of nitrogens with two attached hydrogens (primary N) is 1. The molecule has 19 heavy (non-hydrogen) atoms. The van der Waals surface area contributed by atoms with Crippen LogP contribution in [0.25, 0.3) is 0 Å². The number of hydrogen-bond donors (Lipinski definition) is 1. The normalized spacial score (nSPS) is 12.1. The quantitative estimate of drug-likeness (QED) is 0.536. The molecule has 0 saturated heterocycles. The first-order chi connectivity index (χ1) is 8.99. The van der Waals surface area contributed by atoms with Crippen molar-refractivity contribution in [1.29, 1.82) is 0 Å². The molecule has 98 valence electrons. The van der Waals surface area contributed by atoms with Gasteiger partial charge in [0.15, 0.2) is 0 Å². The van der Waals surface area contributed by atoms with Gasteiger partial charge in [-0.25, -0.2) is 4.21 Å². The van der Waals surface area contributed by atoms with E-state index in [1.54, 1.807) is 24.3 Å². The Hall–Kier alpha value is -1.92. The van der Waals surface area contributed by atoms with Crippen LogP contribution in [0.15, 0.2) is 52.3 Å². The highest BCUT2D eigenvalue weighted by Gasteiger charge is 2.15. The van der Waals surface area contributed by atoms with Gasteiger partial charge in [-0.2, -0.15) is 0 Å². The molecule has 0 saturated carbocycles. The Kier molecular flexibility index (Phi) is 3.82. The van der Waals surface area contributed by atoms with Gasteiger partial charge in [0.05, 0.1) is 20.6 Å². The zero-order chi connectivity index (χ0) is 14.0. The molecular formula is C12H9ClN2O3S. The second-order valence-corrected chi connectivity index (χ2v) is 5.62. The van der Waals surface area contributed by atoms with Crippen molar-refractivity contribution in [3.8, 4) is 0 Å². The largest absolute Gasteiger partial charge is 0.393 e. The van der Waals surface area contributed by atoms with Crippen molar-refractivity contribution in [1.82, 2.24) is 0 Å². The monoisotopic (exact) mass is 296 g/mol. The third-order valence-corrected chi connectivity index (χ3v) is 4.07. The van der Waals surface area contributed by atoms with Gasteiger partial charge in [0.1, 0.15) is 5.69 Å². The van der Waals surface area contributed by atoms with Gasteiger partial charge in [-0.1, -0.05) is 11.6 Å². The first-order valence-electron chi connectivity index (χ1n) is 5.20. The first kappa shape index (κ1) is 13.5. The predicted molar refractivity (Wildman–Crippen MR) is 73.6 cm³/mol. The van der Waals surface area contributed by atoms with Crippen molar-refractivity contribution in [3.63, 3.8) is 0 Å². The summed E-state index contributed by atoms with van der Waals surface area (Å²) in [6.07, 6.45) is 0. The van der Waals surface area contributed by atoms with E-state index in [-0.39, 0.29) is 11.4 Å². The lowest BCUT2D eigenvalue weighted by atomic mass is 10.3. The summed E-state index contributed by atoms with van der Waals surface area (Å²) < 4.78 is 12.2. The van der Waals surface area contributed by atoms with Crippen molar-refractivity contribution in [2.45, 2.75) is 9.79 Å². The van der Waals surface area contributed by atoms with Crippen molar-refractivity contribution >= 4 is 33.8 Å². The van der Waals surface area contributed by atoms with Crippen LogP contribution in [0.5, 0.6) is 0 Å². The topological polar surface area (TPSA) is 86.2 Å². The molecule has 0 heterocycles. The number of nitrogen functional groups attached to an aromatic ring is 1. The standard InChI is InChI=1S/C12H9ClN2O3S/c13-8-1-3-9(4-2-8)19(18)10-5-6-11(14)12(7-10)15(16)17/h1-7H,14H2. The number of nitro benzene ring substituents is 1. The summed E-state index contributed by atoms with van der Waals surface area (Å²) in [7, 11) is -1.51. The number of hydrogen-bond acceptors (Lipinski definition) is 4. The van der Waals surface area contributed by atoms with Crippen LogP contribution in [0.1, 0.15) is 0 Å². The Balaban J connectivity index is 2.42. The van der Waals surface area contributed by atoms with E-state index in [1.165, 1.54) is 18.2 Å². The SMILES string of the molecule is Nc1ccc(S(=O)c2ccc(Cl)cc2)cc1[N+](=O)[O-]. The van der Waals surface area contributed by atoms with Crippen LogP contribution in [0, 0.1) is 10.1 Å². The smallest absolute Gasteiger partial charge is 0.293 e. The highest BCUT2D eigenvalue weighted by atomic mass is 35.5. The molecule has 2 aromatic carbocycles. The van der Waals surface area contributed by atoms with Crippen LogP contribution in [0.4, 0.5) is 11.4 Å². The molecule has 2 N–H and O–H groups in total. The second-order valence-electron chi connectivity index (χ2n) is 3.70. The van der Waals surface area contributed by atoms with Gasteiger partial charge in [-0.3, -0.25) is 10.1 Å². The lowest BCUT2D eigenvalue weighted by Gasteiger charge is -2.04. The zero-order valence-electron chi connectivity index (χ0n) is 9.58. The highest BCUT2D eigenvalue weighted by molar-refractivity contribution is 7.85. The number of nitrogens with zero attached hydrogens (tertiary/aromatic N) is 1. The van der Waals surface area contributed by atoms with Crippen molar-refractivity contribution in [3.05, 3.63) is 57.6 Å². The average Bonchev–Trinajstić information content (AvgIpc) is 2.39. The van der Waals surface area contributed by atoms with Gasteiger partial charge >= 0.3 is 0 Å². The fourth-order valence-corrected chi connectivity index (χ4v) is 2.68. The molecule has 0 aromatic heterocycles. The van der Waals surface area contributed by atoms with Gasteiger partial charge in [-0.15, -0.1) is 0 Å². The van der Waals surface area contributed by atoms with Gasteiger partial charge < -0.3 is 5.73 Å². The predicted octanol–water partition coefficient (Wildman–Crippen LogP) is 3.00. The summed E-state index contributed by atoms with van der Waals surface area (Å²) in [5, 5.41) is 11.3. The van der Waals surface area contributed by atoms with Crippen LogP contribution >= 0.6 is 11.6 Å². The molecule has 7 heteroatoms. The number of nitro groups is 1. The summed E-state index contributed by atoms with van der Waals surface area (Å²) in [4.78, 5) is 11.0. The average molecular weight is 297 g/mol. The van der Waals surface area contributed by atoms with Crippen molar-refractivity contribution in [2.75, 3.05) is 5.73 Å². The maximum absolute atomic E-state index is 12.2. The molecule has 0 aliphatic rings. The summed E-state index contributed by atoms with van der Waals surface area (Å²) in [5.41, 5.74) is 5.28. The Labute approximate surface area is 116 Å². The Bertz CT molecular complexity index is 659. The van der Waals surface area contributed by atoms with E-state index in [1.807, 2.05) is 0 Å². The van der Waals surface area contributed by atoms with E-state index in [9.17, 15) is 14.3 Å². The first-order valence-corrected chi connectivity index (χ1v) is 6.73. The van der Waals surface area contributed by atoms with E-state index in [4.69, 9.17) is 17.3 Å². The molecule has 2 aromatic rings. The lowest BCUT2D eigenvalue weighted by Crippen LogP contribution is -1.99. The van der Waals surface area contributed by atoms with E-state index < -0.39 is 15.7 Å². The van der Waals surface area contributed by atoms with Crippen LogP contribution in [0.3, 0.4) is 0 Å². The molecule has 0 fully saturated rings. The minimum atomic E-state index is -1.51. The fraction of sp³-hybridized carbons (Fsp3) is 0. The van der Waals surface area contributed by atoms with Gasteiger partial charge in [0.25, 0.3) is 5.69 Å². The Morgan fingerprint density at radius 2 is 1.68 bits per heavy atom. The fourth-order valence-electron chi connectivity index (χ4n) is 1.49. The molecule has 0 amide bonds. The van der Waals surface area contributed by atoms with E-state index in [0.29, 0.717) is 14.8 Å². The molecule has 1 unspecified atom stereocenters.